The first kappa shape index (κ1) is 14.4. The van der Waals surface area contributed by atoms with E-state index in [2.05, 4.69) is 5.32 Å². The quantitative estimate of drug-likeness (QED) is 0.860. The van der Waals surface area contributed by atoms with Gasteiger partial charge >= 0.3 is 0 Å². The van der Waals surface area contributed by atoms with Gasteiger partial charge in [-0.15, -0.1) is 12.4 Å². The number of halogens is 1. The van der Waals surface area contributed by atoms with Crippen molar-refractivity contribution in [2.24, 2.45) is 0 Å². The molecule has 4 heteroatoms. The number of carbonyl (C=O) groups excluding carboxylic acids is 1. The van der Waals surface area contributed by atoms with E-state index < -0.39 is 0 Å². The third kappa shape index (κ3) is 2.26. The van der Waals surface area contributed by atoms with Crippen molar-refractivity contribution in [3.05, 3.63) is 29.3 Å². The van der Waals surface area contributed by atoms with Gasteiger partial charge in [-0.25, -0.2) is 0 Å². The lowest BCUT2D eigenvalue weighted by molar-refractivity contribution is 0.0778. The molecular formula is C15H20ClNO2. The molecule has 1 saturated heterocycles. The van der Waals surface area contributed by atoms with Crippen LogP contribution in [0.1, 0.15) is 41.6 Å². The number of ketones is 1. The molecule has 1 N–H and O–H groups in total. The van der Waals surface area contributed by atoms with Crippen molar-refractivity contribution in [1.29, 1.82) is 0 Å². The summed E-state index contributed by atoms with van der Waals surface area (Å²) in [5.41, 5.74) is 1.62. The Morgan fingerprint density at radius 1 is 1.26 bits per heavy atom. The van der Waals surface area contributed by atoms with E-state index in [0.29, 0.717) is 0 Å². The Labute approximate surface area is 120 Å². The maximum Gasteiger partial charge on any atom is 0.186 e. The molecule has 2 aliphatic rings. The van der Waals surface area contributed by atoms with Gasteiger partial charge in [0.05, 0.1) is 18.2 Å². The SMILES string of the molecule is COc1cccc2c1C(=O)C1(CCCCN1)CC2.Cl. The van der Waals surface area contributed by atoms with Gasteiger partial charge in [0, 0.05) is 0 Å². The maximum atomic E-state index is 12.8. The van der Waals surface area contributed by atoms with Gasteiger partial charge in [0.1, 0.15) is 5.75 Å². The average molecular weight is 282 g/mol. The number of piperidine rings is 1. The summed E-state index contributed by atoms with van der Waals surface area (Å²) in [6.45, 7) is 0.955. The Hall–Kier alpha value is -1.06. The molecule has 104 valence electrons. The second-order valence-corrected chi connectivity index (χ2v) is 5.29. The lowest BCUT2D eigenvalue weighted by Gasteiger charge is -2.40. The van der Waals surface area contributed by atoms with E-state index in [1.165, 1.54) is 6.42 Å². The number of fused-ring (bicyclic) bond motifs is 1. The lowest BCUT2D eigenvalue weighted by Crippen LogP contribution is -2.56. The number of nitrogens with one attached hydrogen (secondary N) is 1. The van der Waals surface area contributed by atoms with Crippen LogP contribution in [-0.4, -0.2) is 25.0 Å². The fraction of sp³-hybridized carbons (Fsp3) is 0.533. The van der Waals surface area contributed by atoms with E-state index in [4.69, 9.17) is 4.74 Å². The molecule has 0 amide bonds. The Bertz CT molecular complexity index is 467. The van der Waals surface area contributed by atoms with E-state index in [1.54, 1.807) is 7.11 Å². The molecule has 1 aliphatic carbocycles. The predicted molar refractivity (Wildman–Crippen MR) is 77.5 cm³/mol. The highest BCUT2D eigenvalue weighted by Gasteiger charge is 2.44. The minimum Gasteiger partial charge on any atom is -0.496 e. The first-order valence-electron chi connectivity index (χ1n) is 6.72. The number of rotatable bonds is 1. The highest BCUT2D eigenvalue weighted by atomic mass is 35.5. The summed E-state index contributed by atoms with van der Waals surface area (Å²) in [6.07, 6.45) is 5.16. The van der Waals surface area contributed by atoms with Crippen molar-refractivity contribution in [3.8, 4) is 5.75 Å². The van der Waals surface area contributed by atoms with Crippen molar-refractivity contribution in [1.82, 2.24) is 5.32 Å². The molecule has 19 heavy (non-hydrogen) atoms. The minimum absolute atomic E-state index is 0. The molecular weight excluding hydrogens is 262 g/mol. The summed E-state index contributed by atoms with van der Waals surface area (Å²) >= 11 is 0. The Kier molecular flexibility index (Phi) is 4.16. The van der Waals surface area contributed by atoms with Crippen molar-refractivity contribution < 1.29 is 9.53 Å². The molecule has 1 heterocycles. The number of ether oxygens (including phenoxy) is 1. The van der Waals surface area contributed by atoms with Gasteiger partial charge in [0.2, 0.25) is 0 Å². The second-order valence-electron chi connectivity index (χ2n) is 5.29. The van der Waals surface area contributed by atoms with E-state index in [0.717, 1.165) is 49.1 Å². The maximum absolute atomic E-state index is 12.8. The molecule has 0 saturated carbocycles. The molecule has 1 spiro atoms. The van der Waals surface area contributed by atoms with Crippen LogP contribution in [0.5, 0.6) is 5.75 Å². The van der Waals surface area contributed by atoms with Crippen LogP contribution in [-0.2, 0) is 6.42 Å². The van der Waals surface area contributed by atoms with Crippen LogP contribution in [0.4, 0.5) is 0 Å². The van der Waals surface area contributed by atoms with E-state index in [1.807, 2.05) is 18.2 Å². The first-order chi connectivity index (χ1) is 8.77. The number of aryl methyl sites for hydroxylation is 1. The van der Waals surface area contributed by atoms with Gasteiger partial charge in [-0.2, -0.15) is 0 Å². The summed E-state index contributed by atoms with van der Waals surface area (Å²) in [7, 11) is 1.64. The third-order valence-corrected chi connectivity index (χ3v) is 4.31. The van der Waals surface area contributed by atoms with Crippen LogP contribution >= 0.6 is 12.4 Å². The topological polar surface area (TPSA) is 38.3 Å². The van der Waals surface area contributed by atoms with Gasteiger partial charge < -0.3 is 10.1 Å². The van der Waals surface area contributed by atoms with Gasteiger partial charge in [-0.3, -0.25) is 4.79 Å². The standard InChI is InChI=1S/C15H19NO2.ClH/c1-18-12-6-4-5-11-7-9-15(14(17)13(11)12)8-2-3-10-16-15;/h4-6,16H,2-3,7-10H2,1H3;1H. The number of benzene rings is 1. The monoisotopic (exact) mass is 281 g/mol. The average Bonchev–Trinajstić information content (AvgIpc) is 2.44. The highest BCUT2D eigenvalue weighted by molar-refractivity contribution is 6.07. The molecule has 0 bridgehead atoms. The second kappa shape index (κ2) is 5.51. The zero-order valence-electron chi connectivity index (χ0n) is 11.2. The molecule has 1 aromatic rings. The lowest BCUT2D eigenvalue weighted by atomic mass is 9.72. The summed E-state index contributed by atoms with van der Waals surface area (Å²) in [4.78, 5) is 12.8. The fourth-order valence-electron chi connectivity index (χ4n) is 3.29. The summed E-state index contributed by atoms with van der Waals surface area (Å²) in [5.74, 6) is 0.963. The van der Waals surface area contributed by atoms with E-state index >= 15 is 0 Å². The van der Waals surface area contributed by atoms with Crippen LogP contribution in [0.15, 0.2) is 18.2 Å². The van der Waals surface area contributed by atoms with Gasteiger partial charge in [0.15, 0.2) is 5.78 Å². The van der Waals surface area contributed by atoms with Gasteiger partial charge in [-0.1, -0.05) is 12.1 Å². The zero-order valence-corrected chi connectivity index (χ0v) is 12.0. The predicted octanol–water partition coefficient (Wildman–Crippen LogP) is 2.76. The van der Waals surface area contributed by atoms with Crippen LogP contribution in [0, 0.1) is 0 Å². The van der Waals surface area contributed by atoms with Gasteiger partial charge in [0.25, 0.3) is 0 Å². The molecule has 1 atom stereocenters. The zero-order chi connectivity index (χ0) is 12.6. The van der Waals surface area contributed by atoms with E-state index in [9.17, 15) is 4.79 Å². The molecule has 0 radical (unpaired) electrons. The van der Waals surface area contributed by atoms with Crippen LogP contribution in [0.2, 0.25) is 0 Å². The molecule has 3 rings (SSSR count). The Morgan fingerprint density at radius 2 is 2.11 bits per heavy atom. The molecule has 0 aromatic heterocycles. The van der Waals surface area contributed by atoms with Crippen molar-refractivity contribution in [3.63, 3.8) is 0 Å². The van der Waals surface area contributed by atoms with E-state index in [-0.39, 0.29) is 23.7 Å². The summed E-state index contributed by atoms with van der Waals surface area (Å²) in [5, 5.41) is 3.47. The number of hydrogen-bond acceptors (Lipinski definition) is 3. The fourth-order valence-corrected chi connectivity index (χ4v) is 3.29. The molecule has 3 nitrogen and oxygen atoms in total. The number of methoxy groups -OCH3 is 1. The Morgan fingerprint density at radius 3 is 2.79 bits per heavy atom. The smallest absolute Gasteiger partial charge is 0.186 e. The molecule has 1 fully saturated rings. The normalized spacial score (nSPS) is 25.6. The van der Waals surface area contributed by atoms with Crippen LogP contribution in [0.3, 0.4) is 0 Å². The number of carbonyl (C=O) groups is 1. The number of hydrogen-bond donors (Lipinski definition) is 1. The number of Topliss-reactive ketones (excluding diaryl/α,β-unsaturated/α-hetero) is 1. The largest absolute Gasteiger partial charge is 0.496 e. The molecule has 1 unspecified atom stereocenters. The van der Waals surface area contributed by atoms with Crippen molar-refractivity contribution in [2.75, 3.05) is 13.7 Å². The summed E-state index contributed by atoms with van der Waals surface area (Å²) in [6, 6.07) is 5.90. The van der Waals surface area contributed by atoms with Crippen molar-refractivity contribution in [2.45, 2.75) is 37.6 Å². The van der Waals surface area contributed by atoms with Crippen molar-refractivity contribution >= 4 is 18.2 Å². The minimum atomic E-state index is -0.320. The molecule has 1 aliphatic heterocycles. The third-order valence-electron chi connectivity index (χ3n) is 4.31. The van der Waals surface area contributed by atoms with Crippen LogP contribution < -0.4 is 10.1 Å². The molecule has 1 aromatic carbocycles. The first-order valence-corrected chi connectivity index (χ1v) is 6.72. The van der Waals surface area contributed by atoms with Gasteiger partial charge in [-0.05, 0) is 50.3 Å². The highest BCUT2D eigenvalue weighted by Crippen LogP contribution is 2.38. The summed E-state index contributed by atoms with van der Waals surface area (Å²) < 4.78 is 5.37. The van der Waals surface area contributed by atoms with Crippen LogP contribution in [0.25, 0.3) is 0 Å². The Balaban J connectivity index is 0.00000133.